The van der Waals surface area contributed by atoms with E-state index in [1.54, 1.807) is 4.68 Å². The minimum absolute atomic E-state index is 0.0823. The summed E-state index contributed by atoms with van der Waals surface area (Å²) in [5.74, 6) is 0.0823. The summed E-state index contributed by atoms with van der Waals surface area (Å²) in [4.78, 5) is 12.3. The highest BCUT2D eigenvalue weighted by atomic mass is 79.9. The van der Waals surface area contributed by atoms with Gasteiger partial charge in [-0.3, -0.25) is 9.48 Å². The van der Waals surface area contributed by atoms with Gasteiger partial charge < -0.3 is 5.73 Å². The molecule has 0 atom stereocenters. The number of hydrogen-bond acceptors (Lipinski definition) is 3. The summed E-state index contributed by atoms with van der Waals surface area (Å²) in [7, 11) is 1.86. The molecule has 1 aromatic rings. The quantitative estimate of drug-likeness (QED) is 0.876. The molecule has 5 heteroatoms. The Kier molecular flexibility index (Phi) is 5.10. The first kappa shape index (κ1) is 15.4. The van der Waals surface area contributed by atoms with Gasteiger partial charge in [-0.1, -0.05) is 20.8 Å². The van der Waals surface area contributed by atoms with Gasteiger partial charge in [-0.25, -0.2) is 0 Å². The van der Waals surface area contributed by atoms with Crippen molar-refractivity contribution < 1.29 is 4.79 Å². The third kappa shape index (κ3) is 2.83. The van der Waals surface area contributed by atoms with Crippen LogP contribution in [-0.4, -0.2) is 21.1 Å². The van der Waals surface area contributed by atoms with Gasteiger partial charge in [-0.05, 0) is 35.2 Å². The molecule has 0 aliphatic rings. The van der Waals surface area contributed by atoms with Crippen molar-refractivity contribution in [2.75, 3.05) is 0 Å². The van der Waals surface area contributed by atoms with Gasteiger partial charge in [0.05, 0.1) is 27.8 Å². The molecule has 1 aromatic heterocycles. The Bertz CT molecular complexity index is 436. The highest BCUT2D eigenvalue weighted by Gasteiger charge is 2.31. The van der Waals surface area contributed by atoms with Gasteiger partial charge in [-0.15, -0.1) is 0 Å². The summed E-state index contributed by atoms with van der Waals surface area (Å²) in [5, 5.41) is 4.39. The van der Waals surface area contributed by atoms with Gasteiger partial charge >= 0.3 is 0 Å². The van der Waals surface area contributed by atoms with E-state index in [2.05, 4.69) is 21.0 Å². The molecule has 1 heterocycles. The third-order valence-corrected chi connectivity index (χ3v) is 4.56. The molecule has 0 saturated heterocycles. The Morgan fingerprint density at radius 3 is 2.33 bits per heavy atom. The molecule has 4 nitrogen and oxygen atoms in total. The average Bonchev–Trinajstić information content (AvgIpc) is 2.64. The van der Waals surface area contributed by atoms with Crippen molar-refractivity contribution in [3.05, 3.63) is 15.9 Å². The van der Waals surface area contributed by atoms with Crippen LogP contribution in [0.25, 0.3) is 0 Å². The second kappa shape index (κ2) is 5.97. The van der Waals surface area contributed by atoms with Crippen molar-refractivity contribution in [1.29, 1.82) is 0 Å². The zero-order chi connectivity index (χ0) is 13.9. The lowest BCUT2D eigenvalue weighted by molar-refractivity contribution is -0.123. The van der Waals surface area contributed by atoms with E-state index in [9.17, 15) is 4.79 Å². The van der Waals surface area contributed by atoms with Crippen LogP contribution in [0.5, 0.6) is 0 Å². The molecule has 0 spiro atoms. The van der Waals surface area contributed by atoms with Crippen molar-refractivity contribution in [2.24, 2.45) is 12.8 Å². The average molecular weight is 316 g/mol. The molecule has 0 amide bonds. The fraction of sp³-hybridized carbons (Fsp3) is 0.692. The summed E-state index contributed by atoms with van der Waals surface area (Å²) < 4.78 is 2.71. The van der Waals surface area contributed by atoms with E-state index in [4.69, 9.17) is 5.73 Å². The number of hydrogen-bond donors (Lipinski definition) is 1. The van der Waals surface area contributed by atoms with Gasteiger partial charge in [0.25, 0.3) is 0 Å². The fourth-order valence-electron chi connectivity index (χ4n) is 1.98. The smallest absolute Gasteiger partial charge is 0.158 e. The Labute approximate surface area is 117 Å². The standard InChI is InChI=1S/C13H22BrN3O/c1-5-9-12(14)10(17(4)16-9)8-11(18)13(15,6-2)7-3/h5-8,15H2,1-4H3. The number of ketones is 1. The van der Waals surface area contributed by atoms with Crippen LogP contribution in [0.15, 0.2) is 4.47 Å². The van der Waals surface area contributed by atoms with Gasteiger partial charge in [0.2, 0.25) is 0 Å². The number of Topliss-reactive ketones (excluding diaryl/α,β-unsaturated/α-hetero) is 1. The summed E-state index contributed by atoms with van der Waals surface area (Å²) in [6, 6.07) is 0. The van der Waals surface area contributed by atoms with E-state index in [1.165, 1.54) is 0 Å². The summed E-state index contributed by atoms with van der Waals surface area (Å²) in [5.41, 5.74) is 7.31. The Balaban J connectivity index is 2.98. The molecule has 0 aliphatic carbocycles. The minimum Gasteiger partial charge on any atom is -0.319 e. The van der Waals surface area contributed by atoms with Gasteiger partial charge in [-0.2, -0.15) is 5.10 Å². The maximum absolute atomic E-state index is 12.3. The number of halogens is 1. The third-order valence-electron chi connectivity index (χ3n) is 3.65. The number of carbonyl (C=O) groups is 1. The second-order valence-electron chi connectivity index (χ2n) is 4.65. The number of nitrogens with two attached hydrogens (primary N) is 1. The molecule has 18 heavy (non-hydrogen) atoms. The van der Waals surface area contributed by atoms with Gasteiger partial charge in [0.1, 0.15) is 0 Å². The lowest BCUT2D eigenvalue weighted by Crippen LogP contribution is -2.47. The SMILES string of the molecule is CCc1nn(C)c(CC(=O)C(N)(CC)CC)c1Br. The highest BCUT2D eigenvalue weighted by molar-refractivity contribution is 9.10. The first-order chi connectivity index (χ1) is 8.39. The fourth-order valence-corrected chi connectivity index (χ4v) is 2.74. The Hall–Kier alpha value is -0.680. The molecule has 1 rings (SSSR count). The van der Waals surface area contributed by atoms with Crippen LogP contribution in [0.1, 0.15) is 45.0 Å². The van der Waals surface area contributed by atoms with Crippen molar-refractivity contribution in [2.45, 2.75) is 52.0 Å². The molecule has 0 unspecified atom stereocenters. The first-order valence-corrected chi connectivity index (χ1v) is 7.21. The first-order valence-electron chi connectivity index (χ1n) is 6.42. The van der Waals surface area contributed by atoms with Gasteiger partial charge in [0, 0.05) is 7.05 Å². The molecule has 102 valence electrons. The largest absolute Gasteiger partial charge is 0.319 e. The lowest BCUT2D eigenvalue weighted by Gasteiger charge is -2.24. The number of rotatable bonds is 6. The molecule has 0 fully saturated rings. The molecular formula is C13H22BrN3O. The number of carbonyl (C=O) groups excluding carboxylic acids is 1. The van der Waals surface area contributed by atoms with Crippen molar-refractivity contribution in [3.8, 4) is 0 Å². The number of aromatic nitrogens is 2. The molecule has 2 N–H and O–H groups in total. The topological polar surface area (TPSA) is 60.9 Å². The molecule has 0 radical (unpaired) electrons. The zero-order valence-electron chi connectivity index (χ0n) is 11.6. The Morgan fingerprint density at radius 2 is 1.94 bits per heavy atom. The van der Waals surface area contributed by atoms with E-state index in [1.807, 2.05) is 27.8 Å². The van der Waals surface area contributed by atoms with Gasteiger partial charge in [0.15, 0.2) is 5.78 Å². The number of aryl methyl sites for hydroxylation is 2. The second-order valence-corrected chi connectivity index (χ2v) is 5.44. The predicted octanol–water partition coefficient (Wildman–Crippen LogP) is 2.37. The zero-order valence-corrected chi connectivity index (χ0v) is 13.2. The maximum Gasteiger partial charge on any atom is 0.158 e. The van der Waals surface area contributed by atoms with Crippen LogP contribution in [0.3, 0.4) is 0 Å². The lowest BCUT2D eigenvalue weighted by atomic mass is 9.87. The molecule has 0 bridgehead atoms. The van der Waals surface area contributed by atoms with Crippen LogP contribution < -0.4 is 5.73 Å². The van der Waals surface area contributed by atoms with Crippen molar-refractivity contribution >= 4 is 21.7 Å². The number of nitrogens with zero attached hydrogens (tertiary/aromatic N) is 2. The van der Waals surface area contributed by atoms with E-state index < -0.39 is 5.54 Å². The van der Waals surface area contributed by atoms with Crippen LogP contribution in [-0.2, 0) is 24.7 Å². The van der Waals surface area contributed by atoms with Crippen molar-refractivity contribution in [3.63, 3.8) is 0 Å². The normalized spacial score (nSPS) is 11.9. The molecule has 0 aliphatic heterocycles. The highest BCUT2D eigenvalue weighted by Crippen LogP contribution is 2.24. The minimum atomic E-state index is -0.712. The summed E-state index contributed by atoms with van der Waals surface area (Å²) >= 11 is 3.52. The van der Waals surface area contributed by atoms with E-state index in [0.29, 0.717) is 19.3 Å². The molecular weight excluding hydrogens is 294 g/mol. The maximum atomic E-state index is 12.3. The van der Waals surface area contributed by atoms with E-state index in [-0.39, 0.29) is 5.78 Å². The monoisotopic (exact) mass is 315 g/mol. The molecule has 0 saturated carbocycles. The van der Waals surface area contributed by atoms with E-state index in [0.717, 1.165) is 22.3 Å². The van der Waals surface area contributed by atoms with Crippen molar-refractivity contribution in [1.82, 2.24) is 9.78 Å². The summed E-state index contributed by atoms with van der Waals surface area (Å²) in [6.07, 6.45) is 2.51. The van der Waals surface area contributed by atoms with E-state index >= 15 is 0 Å². The van der Waals surface area contributed by atoms with Crippen LogP contribution in [0.2, 0.25) is 0 Å². The predicted molar refractivity (Wildman–Crippen MR) is 76.5 cm³/mol. The van der Waals surface area contributed by atoms with Crippen LogP contribution >= 0.6 is 15.9 Å². The molecule has 0 aromatic carbocycles. The van der Waals surface area contributed by atoms with Crippen LogP contribution in [0, 0.1) is 0 Å². The van der Waals surface area contributed by atoms with Crippen LogP contribution in [0.4, 0.5) is 0 Å². The summed E-state index contributed by atoms with van der Waals surface area (Å²) in [6.45, 7) is 5.96. The Morgan fingerprint density at radius 1 is 1.39 bits per heavy atom.